The largest absolute Gasteiger partial charge is 0.491 e. The van der Waals surface area contributed by atoms with Crippen molar-refractivity contribution in [3.63, 3.8) is 0 Å². The van der Waals surface area contributed by atoms with E-state index in [0.29, 0.717) is 17.0 Å². The third-order valence-electron chi connectivity index (χ3n) is 6.45. The predicted molar refractivity (Wildman–Crippen MR) is 148 cm³/mol. The van der Waals surface area contributed by atoms with Gasteiger partial charge in [0.1, 0.15) is 11.9 Å². The molecule has 2 atom stereocenters. The molecular weight excluding hydrogens is 689 g/mol. The quantitative estimate of drug-likeness (QED) is 0.120. The van der Waals surface area contributed by atoms with Crippen molar-refractivity contribution < 1.29 is 68.2 Å². The highest BCUT2D eigenvalue weighted by Crippen LogP contribution is 2.35. The number of amides is 2. The third kappa shape index (κ3) is 9.96. The molecule has 0 saturated carbocycles. The zero-order valence-electron chi connectivity index (χ0n) is 24.3. The molecule has 264 valence electrons. The number of H-pyrrole nitrogens is 1. The summed E-state index contributed by atoms with van der Waals surface area (Å²) in [6, 6.07) is 1.61. The summed E-state index contributed by atoms with van der Waals surface area (Å²) in [5, 5.41) is 16.8. The van der Waals surface area contributed by atoms with Crippen molar-refractivity contribution in [3.8, 4) is 5.75 Å². The van der Waals surface area contributed by atoms with E-state index >= 15 is 0 Å². The van der Waals surface area contributed by atoms with Crippen LogP contribution in [0.5, 0.6) is 5.75 Å². The highest BCUT2D eigenvalue weighted by molar-refractivity contribution is 6.07. The highest BCUT2D eigenvalue weighted by Gasteiger charge is 2.43. The number of hydrogen-bond donors (Lipinski definition) is 5. The molecule has 49 heavy (non-hydrogen) atoms. The maximum atomic E-state index is 13.5. The van der Waals surface area contributed by atoms with Crippen LogP contribution in [0, 0.1) is 0 Å². The number of alkyl halides is 9. The molecule has 1 aliphatic rings. The van der Waals surface area contributed by atoms with Gasteiger partial charge < -0.3 is 30.7 Å². The van der Waals surface area contributed by atoms with Crippen LogP contribution in [0.25, 0.3) is 10.9 Å². The Bertz CT molecular complexity index is 1760. The molecule has 0 radical (unpaired) electrons. The first kappa shape index (κ1) is 36.3. The summed E-state index contributed by atoms with van der Waals surface area (Å²) in [4.78, 5) is 53.0. The van der Waals surface area contributed by atoms with Gasteiger partial charge in [-0.05, 0) is 35.9 Å². The Labute approximate surface area is 267 Å². The van der Waals surface area contributed by atoms with E-state index in [0.717, 1.165) is 0 Å². The van der Waals surface area contributed by atoms with Crippen LogP contribution in [0.4, 0.5) is 45.2 Å². The van der Waals surface area contributed by atoms with Gasteiger partial charge in [0.2, 0.25) is 5.91 Å². The molecule has 5 N–H and O–H groups in total. The van der Waals surface area contributed by atoms with Crippen LogP contribution in [-0.2, 0) is 25.3 Å². The Morgan fingerprint density at radius 2 is 1.76 bits per heavy atom. The van der Waals surface area contributed by atoms with Gasteiger partial charge in [-0.15, -0.1) is 0 Å². The van der Waals surface area contributed by atoms with Gasteiger partial charge in [0.05, 0.1) is 55.1 Å². The lowest BCUT2D eigenvalue weighted by atomic mass is 10.00. The van der Waals surface area contributed by atoms with E-state index in [-0.39, 0.29) is 42.4 Å². The maximum absolute atomic E-state index is 13.5. The molecule has 22 heteroatoms. The van der Waals surface area contributed by atoms with Crippen molar-refractivity contribution in [3.05, 3.63) is 53.2 Å². The molecule has 1 aliphatic heterocycles. The Kier molecular flexibility index (Phi) is 10.9. The van der Waals surface area contributed by atoms with Crippen LogP contribution in [0.15, 0.2) is 41.5 Å². The molecule has 2 heterocycles. The number of hydrogen-bond acceptors (Lipinski definition) is 10. The van der Waals surface area contributed by atoms with Gasteiger partial charge in [-0.1, -0.05) is 0 Å². The van der Waals surface area contributed by atoms with Crippen molar-refractivity contribution in [1.82, 2.24) is 26.1 Å². The maximum Gasteiger partial charge on any atom is 0.491 e. The molecule has 13 nitrogen and oxygen atoms in total. The van der Waals surface area contributed by atoms with E-state index in [9.17, 15) is 58.7 Å². The summed E-state index contributed by atoms with van der Waals surface area (Å²) in [6.45, 7) is -4.73. The monoisotopic (exact) mass is 711 g/mol. The van der Waals surface area contributed by atoms with E-state index in [1.165, 1.54) is 18.3 Å². The zero-order valence-corrected chi connectivity index (χ0v) is 24.3. The SMILES string of the molecule is O=C(CNC(=O)c1cc(NC2=NCC(F)CN2)c2cn[nH]c2c1)N[C@@H](CC(=O)OC(=O)C(F)(F)F)c1cc(OC(F)F)cc(C(F)(F)F)c1. The van der Waals surface area contributed by atoms with Crippen LogP contribution in [0.2, 0.25) is 0 Å². The van der Waals surface area contributed by atoms with Crippen LogP contribution >= 0.6 is 0 Å². The van der Waals surface area contributed by atoms with E-state index in [1.807, 2.05) is 5.32 Å². The number of halogens is 9. The predicted octanol–water partition coefficient (Wildman–Crippen LogP) is 3.50. The molecule has 0 spiro atoms. The van der Waals surface area contributed by atoms with E-state index in [1.54, 1.807) is 0 Å². The number of anilines is 1. The number of aromatic amines is 1. The minimum Gasteiger partial charge on any atom is -0.435 e. The molecule has 1 aromatic heterocycles. The lowest BCUT2D eigenvalue weighted by Gasteiger charge is -2.21. The van der Waals surface area contributed by atoms with Crippen LogP contribution in [0.1, 0.15) is 33.9 Å². The standard InChI is InChI=1S/C27H22F9N7O6/c28-14-7-38-25(39-8-14)42-18-3-12(4-19-16(18)9-40-43-19)22(46)37-10-20(44)41-17(6-21(45)49-23(47)27(34,35)36)11-1-13(26(31,32)33)5-15(2-11)48-24(29)30/h1-5,9,14,17,24H,6-8,10H2,(H,37,46)(H,40,43)(H,41,44)(H2,38,39,42)/t17-/m0/s1. The number of carbonyl (C=O) groups is 4. The second kappa shape index (κ2) is 14.7. The third-order valence-corrected chi connectivity index (χ3v) is 6.45. The van der Waals surface area contributed by atoms with Crippen LogP contribution < -0.4 is 26.0 Å². The Morgan fingerprint density at radius 1 is 1.02 bits per heavy atom. The number of fused-ring (bicyclic) bond motifs is 1. The summed E-state index contributed by atoms with van der Waals surface area (Å²) >= 11 is 0. The van der Waals surface area contributed by atoms with E-state index in [4.69, 9.17) is 0 Å². The Morgan fingerprint density at radius 3 is 2.39 bits per heavy atom. The summed E-state index contributed by atoms with van der Waals surface area (Å²) < 4.78 is 125. The summed E-state index contributed by atoms with van der Waals surface area (Å²) in [5.74, 6) is -7.98. The number of aliphatic imine (C=N–C) groups is 1. The number of aromatic nitrogens is 2. The Balaban J connectivity index is 1.54. The average Bonchev–Trinajstić information content (AvgIpc) is 3.48. The minimum atomic E-state index is -5.64. The lowest BCUT2D eigenvalue weighted by Crippen LogP contribution is -2.41. The fraction of sp³-hybridized carbons (Fsp3) is 0.333. The van der Waals surface area contributed by atoms with E-state index in [2.05, 4.69) is 40.6 Å². The van der Waals surface area contributed by atoms with Gasteiger partial charge in [-0.25, -0.2) is 14.2 Å². The lowest BCUT2D eigenvalue weighted by molar-refractivity contribution is -0.202. The second-order valence-corrected chi connectivity index (χ2v) is 10.1. The van der Waals surface area contributed by atoms with Crippen LogP contribution in [-0.4, -0.2) is 78.5 Å². The topological polar surface area (TPSA) is 176 Å². The number of carbonyl (C=O) groups excluding carboxylic acids is 4. The first-order chi connectivity index (χ1) is 22.9. The second-order valence-electron chi connectivity index (χ2n) is 10.1. The van der Waals surface area contributed by atoms with E-state index < -0.39 is 84.8 Å². The highest BCUT2D eigenvalue weighted by atomic mass is 19.4. The molecule has 2 aromatic carbocycles. The van der Waals surface area contributed by atoms with Gasteiger partial charge >= 0.3 is 30.9 Å². The number of esters is 2. The number of benzene rings is 2. The molecule has 1 unspecified atom stereocenters. The van der Waals surface area contributed by atoms with Gasteiger partial charge in [0.15, 0.2) is 5.96 Å². The molecule has 2 amide bonds. The molecule has 0 bridgehead atoms. The Hall–Kier alpha value is -5.57. The molecular formula is C27H22F9N7O6. The smallest absolute Gasteiger partial charge is 0.435 e. The number of rotatable bonds is 10. The first-order valence-electron chi connectivity index (χ1n) is 13.6. The summed E-state index contributed by atoms with van der Waals surface area (Å²) in [7, 11) is 0. The molecule has 3 aromatic rings. The number of nitrogens with one attached hydrogen (secondary N) is 5. The van der Waals surface area contributed by atoms with Gasteiger partial charge in [0.25, 0.3) is 5.91 Å². The van der Waals surface area contributed by atoms with Gasteiger partial charge in [0, 0.05) is 10.9 Å². The number of nitrogens with zero attached hydrogens (tertiary/aromatic N) is 2. The fourth-order valence-electron chi connectivity index (χ4n) is 4.30. The zero-order chi connectivity index (χ0) is 36.1. The normalized spacial score (nSPS) is 15.6. The number of guanidine groups is 1. The molecule has 0 aliphatic carbocycles. The summed E-state index contributed by atoms with van der Waals surface area (Å²) in [5.41, 5.74) is -1.84. The average molecular weight is 711 g/mol. The van der Waals surface area contributed by atoms with Crippen molar-refractivity contribution in [2.45, 2.75) is 37.6 Å². The van der Waals surface area contributed by atoms with Crippen molar-refractivity contribution in [2.24, 2.45) is 4.99 Å². The van der Waals surface area contributed by atoms with Crippen molar-refractivity contribution in [2.75, 3.05) is 25.0 Å². The van der Waals surface area contributed by atoms with Crippen LogP contribution in [0.3, 0.4) is 0 Å². The first-order valence-corrected chi connectivity index (χ1v) is 13.6. The van der Waals surface area contributed by atoms with Gasteiger partial charge in [-0.3, -0.25) is 19.5 Å². The number of ether oxygens (including phenoxy) is 2. The molecule has 0 saturated heterocycles. The van der Waals surface area contributed by atoms with Crippen molar-refractivity contribution in [1.29, 1.82) is 0 Å². The molecule has 4 rings (SSSR count). The van der Waals surface area contributed by atoms with Gasteiger partial charge in [-0.2, -0.15) is 40.2 Å². The minimum absolute atomic E-state index is 0.0337. The fourth-order valence-corrected chi connectivity index (χ4v) is 4.30. The summed E-state index contributed by atoms with van der Waals surface area (Å²) in [6.07, 6.45) is -12.0. The molecule has 0 fully saturated rings. The van der Waals surface area contributed by atoms with Crippen molar-refractivity contribution >= 4 is 46.3 Å².